The van der Waals surface area contributed by atoms with Gasteiger partial charge in [-0.3, -0.25) is 14.4 Å². The van der Waals surface area contributed by atoms with Gasteiger partial charge in [0.15, 0.2) is 0 Å². The van der Waals surface area contributed by atoms with Gasteiger partial charge in [0.1, 0.15) is 12.4 Å². The summed E-state index contributed by atoms with van der Waals surface area (Å²) in [6, 6.07) is 0. The lowest BCUT2D eigenvalue weighted by atomic mass is 10.0. The molecule has 1 heterocycles. The molecule has 44 heavy (non-hydrogen) atoms. The van der Waals surface area contributed by atoms with Crippen LogP contribution in [0.1, 0.15) is 107 Å². The van der Waals surface area contributed by atoms with Crippen LogP contribution in [-0.4, -0.2) is 108 Å². The number of rotatable bonds is 23. The molecule has 12 nitrogen and oxygen atoms in total. The second kappa shape index (κ2) is 19.3. The molecule has 0 aromatic heterocycles. The Kier molecular flexibility index (Phi) is 17.8. The summed E-state index contributed by atoms with van der Waals surface area (Å²) in [7, 11) is 1.97. The van der Waals surface area contributed by atoms with Gasteiger partial charge in [0.05, 0.1) is 23.4 Å². The molecule has 0 bridgehead atoms. The summed E-state index contributed by atoms with van der Waals surface area (Å²) in [6.45, 7) is 21.7. The van der Waals surface area contributed by atoms with Crippen LogP contribution in [0.5, 0.6) is 0 Å². The van der Waals surface area contributed by atoms with E-state index in [1.165, 1.54) is 0 Å². The molecule has 1 fully saturated rings. The zero-order valence-corrected chi connectivity index (χ0v) is 29.3. The van der Waals surface area contributed by atoms with Crippen molar-refractivity contribution < 1.29 is 34.2 Å². The highest BCUT2D eigenvalue weighted by Gasteiger charge is 2.38. The number of aliphatic hydroxyl groups is 1. The molecule has 12 heteroatoms. The molecule has 3 atom stereocenters. The van der Waals surface area contributed by atoms with E-state index in [1.54, 1.807) is 0 Å². The Morgan fingerprint density at radius 2 is 1.39 bits per heavy atom. The summed E-state index contributed by atoms with van der Waals surface area (Å²) in [5.74, 6) is 0.558. The Hall–Kier alpha value is -1.38. The minimum Gasteiger partial charge on any atom is -0.376 e. The van der Waals surface area contributed by atoms with Crippen LogP contribution in [0.2, 0.25) is 0 Å². The van der Waals surface area contributed by atoms with E-state index in [4.69, 9.17) is 14.3 Å². The van der Waals surface area contributed by atoms with Crippen LogP contribution in [0.3, 0.4) is 0 Å². The number of hydroxylamine groups is 3. The summed E-state index contributed by atoms with van der Waals surface area (Å²) in [5.41, 5.74) is 1.52. The number of amides is 2. The van der Waals surface area contributed by atoms with Crippen LogP contribution in [0.4, 0.5) is 0 Å². The van der Waals surface area contributed by atoms with Crippen LogP contribution in [-0.2, 0) is 23.9 Å². The van der Waals surface area contributed by atoms with Gasteiger partial charge in [0.25, 0.3) is 0 Å². The number of ether oxygens (including phenoxy) is 2. The van der Waals surface area contributed by atoms with Gasteiger partial charge in [-0.15, -0.1) is 5.06 Å². The van der Waals surface area contributed by atoms with E-state index in [9.17, 15) is 19.9 Å². The van der Waals surface area contributed by atoms with Gasteiger partial charge in [-0.25, -0.2) is 0 Å². The van der Waals surface area contributed by atoms with Crippen molar-refractivity contribution in [2.75, 3.05) is 46.4 Å². The first-order valence-corrected chi connectivity index (χ1v) is 16.4. The van der Waals surface area contributed by atoms with E-state index in [1.807, 2.05) is 55.5 Å². The van der Waals surface area contributed by atoms with Crippen LogP contribution in [0.25, 0.3) is 0 Å². The van der Waals surface area contributed by atoms with Crippen molar-refractivity contribution in [2.24, 2.45) is 11.8 Å². The molecule has 0 saturated carbocycles. The van der Waals surface area contributed by atoms with Crippen molar-refractivity contribution in [2.45, 2.75) is 136 Å². The van der Waals surface area contributed by atoms with Crippen LogP contribution in [0, 0.1) is 11.8 Å². The van der Waals surface area contributed by atoms with E-state index in [0.29, 0.717) is 83.8 Å². The van der Waals surface area contributed by atoms with E-state index in [2.05, 4.69) is 34.9 Å². The monoisotopic (exact) mass is 631 g/mol. The minimum atomic E-state index is -0.908. The SMILES string of the molecule is CC(C)CCOC(C)(C)CCC(=O)NCCN(C)CCNC(=O)CCC(C)(C)OCCC(C)(C)ONC1CC(C)C(O)N1O. The lowest BCUT2D eigenvalue weighted by Gasteiger charge is -2.31. The van der Waals surface area contributed by atoms with Crippen LogP contribution >= 0.6 is 0 Å². The Morgan fingerprint density at radius 1 is 0.886 bits per heavy atom. The number of nitrogens with one attached hydrogen (secondary N) is 3. The molecule has 1 aliphatic heterocycles. The quantitative estimate of drug-likeness (QED) is 0.106. The predicted molar refractivity (Wildman–Crippen MR) is 172 cm³/mol. The molecule has 0 aromatic rings. The van der Waals surface area contributed by atoms with Crippen molar-refractivity contribution in [3.8, 4) is 0 Å². The van der Waals surface area contributed by atoms with Crippen LogP contribution in [0.15, 0.2) is 0 Å². The molecule has 5 N–H and O–H groups in total. The molecule has 1 rings (SSSR count). The zero-order valence-electron chi connectivity index (χ0n) is 29.3. The number of nitrogens with zero attached hydrogens (tertiary/aromatic N) is 2. The summed E-state index contributed by atoms with van der Waals surface area (Å²) in [5, 5.41) is 26.7. The Bertz CT molecular complexity index is 840. The highest BCUT2D eigenvalue weighted by Crippen LogP contribution is 2.26. The van der Waals surface area contributed by atoms with E-state index in [0.717, 1.165) is 11.5 Å². The second-order valence-corrected chi connectivity index (χ2v) is 14.7. The fourth-order valence-corrected chi connectivity index (χ4v) is 4.59. The number of hydrogen-bond acceptors (Lipinski definition) is 10. The lowest BCUT2D eigenvalue weighted by Crippen LogP contribution is -2.46. The average molecular weight is 632 g/mol. The van der Waals surface area contributed by atoms with E-state index >= 15 is 0 Å². The van der Waals surface area contributed by atoms with Crippen molar-refractivity contribution in [1.29, 1.82) is 0 Å². The zero-order chi connectivity index (χ0) is 33.6. The normalized spacial score (nSPS) is 20.1. The number of carbonyl (C=O) groups is 2. The Labute approximate surface area is 266 Å². The van der Waals surface area contributed by atoms with Gasteiger partial charge in [-0.1, -0.05) is 20.8 Å². The standard InChI is InChI=1S/C32H65N5O7/c1-24(2)13-21-42-30(4,5)14-11-27(38)33-17-19-36(10)20-18-34-28(39)12-15-31(6,7)43-22-16-32(8,9)44-35-26-23-25(3)29(40)37(26)41/h24-26,29,35,40-41H,11-23H2,1-10H3,(H,33,38)(H,34,39). The summed E-state index contributed by atoms with van der Waals surface area (Å²) in [4.78, 5) is 32.6. The third-order valence-corrected chi connectivity index (χ3v) is 8.09. The largest absolute Gasteiger partial charge is 0.376 e. The number of aliphatic hydroxyl groups excluding tert-OH is 1. The molecule has 3 unspecified atom stereocenters. The molecule has 0 spiro atoms. The third kappa shape index (κ3) is 17.9. The van der Waals surface area contributed by atoms with E-state index in [-0.39, 0.29) is 23.3 Å². The molecule has 1 saturated heterocycles. The Morgan fingerprint density at radius 3 is 1.84 bits per heavy atom. The van der Waals surface area contributed by atoms with Crippen LogP contribution < -0.4 is 16.1 Å². The minimum absolute atomic E-state index is 0.0176. The Balaban J connectivity index is 2.16. The maximum Gasteiger partial charge on any atom is 0.220 e. The van der Waals surface area contributed by atoms with Crippen molar-refractivity contribution in [3.05, 3.63) is 0 Å². The highest BCUT2D eigenvalue weighted by molar-refractivity contribution is 5.76. The molecule has 2 amide bonds. The predicted octanol–water partition coefficient (Wildman–Crippen LogP) is 3.41. The fourth-order valence-electron chi connectivity index (χ4n) is 4.59. The van der Waals surface area contributed by atoms with Gasteiger partial charge in [-0.2, -0.15) is 5.48 Å². The summed E-state index contributed by atoms with van der Waals surface area (Å²) in [6.07, 6.45) is 2.87. The van der Waals surface area contributed by atoms with Crippen molar-refractivity contribution in [3.63, 3.8) is 0 Å². The number of carbonyl (C=O) groups excluding carboxylic acids is 2. The highest BCUT2D eigenvalue weighted by atomic mass is 16.7. The molecule has 1 aliphatic rings. The van der Waals surface area contributed by atoms with Crippen molar-refractivity contribution >= 4 is 11.8 Å². The van der Waals surface area contributed by atoms with Gasteiger partial charge in [0.2, 0.25) is 11.8 Å². The first-order valence-electron chi connectivity index (χ1n) is 16.4. The second-order valence-electron chi connectivity index (χ2n) is 14.7. The summed E-state index contributed by atoms with van der Waals surface area (Å²) < 4.78 is 12.0. The molecule has 260 valence electrons. The maximum absolute atomic E-state index is 12.4. The third-order valence-electron chi connectivity index (χ3n) is 8.09. The number of likely N-dealkylation sites (N-methyl/N-ethyl adjacent to an activating group) is 1. The molecular formula is C32H65N5O7. The first-order chi connectivity index (χ1) is 20.3. The fraction of sp³-hybridized carbons (Fsp3) is 0.938. The molecule has 0 aliphatic carbocycles. The average Bonchev–Trinajstić information content (AvgIpc) is 3.15. The van der Waals surface area contributed by atoms with Gasteiger partial charge >= 0.3 is 0 Å². The van der Waals surface area contributed by atoms with E-state index < -0.39 is 23.6 Å². The lowest BCUT2D eigenvalue weighted by molar-refractivity contribution is -0.239. The number of hydrogen-bond donors (Lipinski definition) is 5. The molecule has 0 aromatic carbocycles. The smallest absolute Gasteiger partial charge is 0.220 e. The van der Waals surface area contributed by atoms with Crippen molar-refractivity contribution in [1.82, 2.24) is 26.1 Å². The molecule has 0 radical (unpaired) electrons. The first kappa shape index (κ1) is 40.6. The van der Waals surface area contributed by atoms with Gasteiger partial charge < -0.3 is 35.3 Å². The van der Waals surface area contributed by atoms with Gasteiger partial charge in [0, 0.05) is 58.0 Å². The topological polar surface area (TPSA) is 145 Å². The maximum atomic E-state index is 12.4. The summed E-state index contributed by atoms with van der Waals surface area (Å²) >= 11 is 0. The van der Waals surface area contributed by atoms with Gasteiger partial charge in [-0.05, 0) is 80.2 Å². The molecular weight excluding hydrogens is 566 g/mol.